The highest BCUT2D eigenvalue weighted by Gasteiger charge is 2.25. The fraction of sp³-hybridized carbons (Fsp3) is 0.200. The first-order valence-electron chi connectivity index (χ1n) is 10.6. The molecule has 1 atom stereocenters. The zero-order chi connectivity index (χ0) is 22.8. The van der Waals surface area contributed by atoms with E-state index in [0.29, 0.717) is 33.7 Å². The van der Waals surface area contributed by atoms with Crippen LogP contribution in [0.25, 0.3) is 33.1 Å². The van der Waals surface area contributed by atoms with Gasteiger partial charge >= 0.3 is 5.63 Å². The van der Waals surface area contributed by atoms with Crippen LogP contribution in [0.1, 0.15) is 38.1 Å². The molecular weight excluding hydrogens is 402 g/mol. The van der Waals surface area contributed by atoms with Crippen molar-refractivity contribution < 1.29 is 4.42 Å². The van der Waals surface area contributed by atoms with E-state index in [4.69, 9.17) is 10.2 Å². The number of anilines is 1. The molecular formula is C25H25N5O2. The number of aromatic nitrogens is 4. The zero-order valence-corrected chi connectivity index (χ0v) is 18.5. The lowest BCUT2D eigenvalue weighted by atomic mass is 9.94. The predicted molar refractivity (Wildman–Crippen MR) is 128 cm³/mol. The Morgan fingerprint density at radius 2 is 1.69 bits per heavy atom. The van der Waals surface area contributed by atoms with Crippen LogP contribution in [-0.2, 0) is 0 Å². The first kappa shape index (κ1) is 21.2. The normalized spacial score (nSPS) is 11.9. The van der Waals surface area contributed by atoms with Crippen LogP contribution in [0.4, 0.5) is 5.82 Å². The number of nitrogen functional groups attached to an aromatic ring is 1. The van der Waals surface area contributed by atoms with E-state index in [1.165, 1.54) is 6.33 Å². The number of benzene rings is 2. The molecule has 0 fully saturated rings. The number of aryl methyl sites for hydroxylation is 1. The van der Waals surface area contributed by atoms with Gasteiger partial charge in [0.1, 0.15) is 17.7 Å². The quantitative estimate of drug-likeness (QED) is 0.401. The summed E-state index contributed by atoms with van der Waals surface area (Å²) in [5.74, 6) is 0.366. The summed E-state index contributed by atoms with van der Waals surface area (Å²) in [4.78, 5) is 21.6. The molecule has 0 saturated carbocycles. The Hall–Kier alpha value is -4.00. The standard InChI is InChI=1S/C23H19N5O2.C2H6/c1-13-18-21(24)25-12-26-22(18)28(27-13)14(2)19-20(15-8-4-3-5-9-15)16-10-6-7-11-17(16)30-23(19)29;1-2/h3-12,14H,1-2H3,(H2,24,25,26);1-2H3. The molecule has 2 N–H and O–H groups in total. The molecule has 7 heteroatoms. The second-order valence-corrected chi connectivity index (χ2v) is 7.20. The van der Waals surface area contributed by atoms with Crippen molar-refractivity contribution in [3.05, 3.63) is 82.6 Å². The Morgan fingerprint density at radius 3 is 2.44 bits per heavy atom. The molecule has 0 radical (unpaired) electrons. The molecule has 162 valence electrons. The molecule has 0 aliphatic heterocycles. The maximum atomic E-state index is 13.2. The van der Waals surface area contributed by atoms with Gasteiger partial charge in [-0.1, -0.05) is 62.4 Å². The Kier molecular flexibility index (Phi) is 5.73. The van der Waals surface area contributed by atoms with Crippen molar-refractivity contribution in [1.82, 2.24) is 19.7 Å². The molecule has 0 amide bonds. The summed E-state index contributed by atoms with van der Waals surface area (Å²) in [5, 5.41) is 6.20. The van der Waals surface area contributed by atoms with Gasteiger partial charge in [-0.15, -0.1) is 0 Å². The van der Waals surface area contributed by atoms with Crippen molar-refractivity contribution in [2.75, 3.05) is 5.73 Å². The van der Waals surface area contributed by atoms with Gasteiger partial charge in [-0.2, -0.15) is 5.10 Å². The molecule has 2 aromatic carbocycles. The lowest BCUT2D eigenvalue weighted by Gasteiger charge is -2.18. The molecule has 0 aliphatic carbocycles. The van der Waals surface area contributed by atoms with E-state index in [1.54, 1.807) is 10.7 Å². The van der Waals surface area contributed by atoms with Crippen molar-refractivity contribution in [2.45, 2.75) is 33.7 Å². The third-order valence-corrected chi connectivity index (χ3v) is 5.39. The van der Waals surface area contributed by atoms with Gasteiger partial charge in [0.25, 0.3) is 0 Å². The SMILES string of the molecule is CC.Cc1nn(C(C)c2c(-c3ccccc3)c3ccccc3oc2=O)c2ncnc(N)c12. The van der Waals surface area contributed by atoms with Crippen molar-refractivity contribution in [3.63, 3.8) is 0 Å². The fourth-order valence-electron chi connectivity index (χ4n) is 4.02. The molecule has 5 rings (SSSR count). The topological polar surface area (TPSA) is 99.8 Å². The average molecular weight is 428 g/mol. The molecule has 7 nitrogen and oxygen atoms in total. The smallest absolute Gasteiger partial charge is 0.342 e. The van der Waals surface area contributed by atoms with Crippen LogP contribution in [0.3, 0.4) is 0 Å². The summed E-state index contributed by atoms with van der Waals surface area (Å²) >= 11 is 0. The summed E-state index contributed by atoms with van der Waals surface area (Å²) in [5.41, 5.74) is 9.77. The average Bonchev–Trinajstić information content (AvgIpc) is 3.17. The van der Waals surface area contributed by atoms with E-state index in [0.717, 1.165) is 16.5 Å². The van der Waals surface area contributed by atoms with Crippen LogP contribution in [0.5, 0.6) is 0 Å². The van der Waals surface area contributed by atoms with Gasteiger partial charge in [0.15, 0.2) is 5.65 Å². The minimum absolute atomic E-state index is 0.366. The summed E-state index contributed by atoms with van der Waals surface area (Å²) < 4.78 is 7.40. The molecule has 5 aromatic rings. The number of fused-ring (bicyclic) bond motifs is 2. The maximum absolute atomic E-state index is 13.2. The molecule has 0 spiro atoms. The molecule has 32 heavy (non-hydrogen) atoms. The Morgan fingerprint density at radius 1 is 1.00 bits per heavy atom. The third-order valence-electron chi connectivity index (χ3n) is 5.39. The second-order valence-electron chi connectivity index (χ2n) is 7.20. The van der Waals surface area contributed by atoms with Crippen LogP contribution >= 0.6 is 0 Å². The van der Waals surface area contributed by atoms with Crippen molar-refractivity contribution in [3.8, 4) is 11.1 Å². The first-order chi connectivity index (χ1) is 15.6. The summed E-state index contributed by atoms with van der Waals surface area (Å²) in [6, 6.07) is 17.0. The van der Waals surface area contributed by atoms with E-state index >= 15 is 0 Å². The number of para-hydroxylation sites is 1. The van der Waals surface area contributed by atoms with Crippen LogP contribution in [0.2, 0.25) is 0 Å². The van der Waals surface area contributed by atoms with Gasteiger partial charge in [0.05, 0.1) is 22.7 Å². The lowest BCUT2D eigenvalue weighted by molar-refractivity contribution is 0.510. The summed E-state index contributed by atoms with van der Waals surface area (Å²) in [7, 11) is 0. The van der Waals surface area contributed by atoms with Crippen molar-refractivity contribution in [1.29, 1.82) is 0 Å². The summed E-state index contributed by atoms with van der Waals surface area (Å²) in [6.45, 7) is 7.77. The van der Waals surface area contributed by atoms with Gasteiger partial charge in [0.2, 0.25) is 0 Å². The zero-order valence-electron chi connectivity index (χ0n) is 18.5. The van der Waals surface area contributed by atoms with Gasteiger partial charge in [0, 0.05) is 10.9 Å². The predicted octanol–water partition coefficient (Wildman–Crippen LogP) is 5.13. The second kappa shape index (κ2) is 8.63. The van der Waals surface area contributed by atoms with Crippen molar-refractivity contribution in [2.24, 2.45) is 0 Å². The fourth-order valence-corrected chi connectivity index (χ4v) is 4.02. The van der Waals surface area contributed by atoms with Gasteiger partial charge in [-0.25, -0.2) is 19.4 Å². The number of nitrogens with two attached hydrogens (primary N) is 1. The Balaban J connectivity index is 0.00000119. The van der Waals surface area contributed by atoms with Gasteiger partial charge in [-0.3, -0.25) is 0 Å². The van der Waals surface area contributed by atoms with E-state index in [2.05, 4.69) is 15.1 Å². The first-order valence-corrected chi connectivity index (χ1v) is 10.6. The van der Waals surface area contributed by atoms with Crippen LogP contribution < -0.4 is 11.4 Å². The van der Waals surface area contributed by atoms with Gasteiger partial charge in [-0.05, 0) is 25.5 Å². The molecule has 1 unspecified atom stereocenters. The van der Waals surface area contributed by atoms with Gasteiger partial charge < -0.3 is 10.2 Å². The van der Waals surface area contributed by atoms with Crippen LogP contribution in [0, 0.1) is 6.92 Å². The van der Waals surface area contributed by atoms with E-state index in [1.807, 2.05) is 76.2 Å². The minimum atomic E-state index is -0.438. The Bertz CT molecular complexity index is 1450. The molecule has 0 bridgehead atoms. The highest BCUT2D eigenvalue weighted by atomic mass is 16.4. The Labute approximate surface area is 185 Å². The highest BCUT2D eigenvalue weighted by Crippen LogP contribution is 2.35. The van der Waals surface area contributed by atoms with Crippen LogP contribution in [-0.4, -0.2) is 19.7 Å². The molecule has 3 aromatic heterocycles. The monoisotopic (exact) mass is 427 g/mol. The van der Waals surface area contributed by atoms with E-state index in [-0.39, 0.29) is 0 Å². The van der Waals surface area contributed by atoms with E-state index in [9.17, 15) is 4.79 Å². The largest absolute Gasteiger partial charge is 0.422 e. The lowest BCUT2D eigenvalue weighted by Crippen LogP contribution is -2.19. The maximum Gasteiger partial charge on any atom is 0.342 e. The van der Waals surface area contributed by atoms with Crippen molar-refractivity contribution >= 4 is 27.8 Å². The molecule has 3 heterocycles. The van der Waals surface area contributed by atoms with Crippen LogP contribution in [0.15, 0.2) is 70.1 Å². The number of rotatable bonds is 3. The van der Waals surface area contributed by atoms with E-state index < -0.39 is 11.7 Å². The number of nitrogens with zero attached hydrogens (tertiary/aromatic N) is 4. The summed E-state index contributed by atoms with van der Waals surface area (Å²) in [6.07, 6.45) is 1.41. The highest BCUT2D eigenvalue weighted by molar-refractivity contribution is 5.95. The number of hydrogen-bond donors (Lipinski definition) is 1. The molecule has 0 aliphatic rings. The molecule has 0 saturated heterocycles. The number of hydrogen-bond acceptors (Lipinski definition) is 6. The third kappa shape index (κ3) is 3.41. The minimum Gasteiger partial charge on any atom is -0.422 e.